The van der Waals surface area contributed by atoms with Gasteiger partial charge in [0, 0.05) is 11.8 Å². The van der Waals surface area contributed by atoms with Crippen molar-refractivity contribution in [1.82, 2.24) is 15.3 Å². The maximum atomic E-state index is 11.8. The van der Waals surface area contributed by atoms with E-state index in [2.05, 4.69) is 15.3 Å². The van der Waals surface area contributed by atoms with E-state index in [9.17, 15) is 4.79 Å². The van der Waals surface area contributed by atoms with Gasteiger partial charge in [-0.1, -0.05) is 23.9 Å². The van der Waals surface area contributed by atoms with Crippen molar-refractivity contribution in [3.05, 3.63) is 24.3 Å². The lowest BCUT2D eigenvalue weighted by Gasteiger charge is -2.21. The molecule has 24 heavy (non-hydrogen) atoms. The van der Waals surface area contributed by atoms with Gasteiger partial charge < -0.3 is 15.0 Å². The van der Waals surface area contributed by atoms with E-state index in [0.717, 1.165) is 41.2 Å². The van der Waals surface area contributed by atoms with Crippen LogP contribution in [0, 0.1) is 5.92 Å². The second-order valence-electron chi connectivity index (χ2n) is 7.39. The summed E-state index contributed by atoms with van der Waals surface area (Å²) in [6.45, 7) is 5.65. The lowest BCUT2D eigenvalue weighted by atomic mass is 10.1. The minimum absolute atomic E-state index is 0.223. The van der Waals surface area contributed by atoms with Crippen molar-refractivity contribution in [3.63, 3.8) is 0 Å². The van der Waals surface area contributed by atoms with Gasteiger partial charge in [0.15, 0.2) is 5.16 Å². The lowest BCUT2D eigenvalue weighted by molar-refractivity contribution is 0.0505. The van der Waals surface area contributed by atoms with Gasteiger partial charge in [-0.25, -0.2) is 9.78 Å². The van der Waals surface area contributed by atoms with E-state index in [1.54, 1.807) is 11.8 Å². The van der Waals surface area contributed by atoms with Crippen molar-refractivity contribution < 1.29 is 9.53 Å². The SMILES string of the molecule is CC(C)(C)OC(=O)N[C@@H]1CC[C@H](CSc2nc3ccccc3[nH]2)C1. The molecule has 2 N–H and O–H groups in total. The Morgan fingerprint density at radius 2 is 2.17 bits per heavy atom. The Kier molecular flexibility index (Phi) is 5.04. The first-order valence-electron chi connectivity index (χ1n) is 8.46. The molecule has 0 saturated heterocycles. The van der Waals surface area contributed by atoms with E-state index in [-0.39, 0.29) is 12.1 Å². The Labute approximate surface area is 146 Å². The van der Waals surface area contributed by atoms with Crippen LogP contribution in [0.1, 0.15) is 40.0 Å². The molecule has 0 unspecified atom stereocenters. The number of ether oxygens (including phenoxy) is 1. The molecule has 1 amide bonds. The van der Waals surface area contributed by atoms with E-state index < -0.39 is 5.60 Å². The highest BCUT2D eigenvalue weighted by molar-refractivity contribution is 7.99. The highest BCUT2D eigenvalue weighted by atomic mass is 32.2. The van der Waals surface area contributed by atoms with Crippen molar-refractivity contribution in [2.75, 3.05) is 5.75 Å². The second kappa shape index (κ2) is 7.05. The number of aromatic nitrogens is 2. The minimum atomic E-state index is -0.445. The molecule has 1 heterocycles. The Bertz CT molecular complexity index is 675. The van der Waals surface area contributed by atoms with E-state index in [1.165, 1.54) is 0 Å². The van der Waals surface area contributed by atoms with Crippen LogP contribution in [-0.4, -0.2) is 33.5 Å². The Balaban J connectivity index is 1.45. The van der Waals surface area contributed by atoms with Crippen LogP contribution in [0.2, 0.25) is 0 Å². The van der Waals surface area contributed by atoms with Crippen LogP contribution in [-0.2, 0) is 4.74 Å². The maximum absolute atomic E-state index is 11.8. The van der Waals surface area contributed by atoms with Crippen LogP contribution < -0.4 is 5.32 Å². The summed E-state index contributed by atoms with van der Waals surface area (Å²) in [4.78, 5) is 19.8. The highest BCUT2D eigenvalue weighted by Crippen LogP contribution is 2.31. The normalized spacial score (nSPS) is 21.1. The fourth-order valence-corrected chi connectivity index (χ4v) is 4.07. The van der Waals surface area contributed by atoms with Gasteiger partial charge in [-0.3, -0.25) is 0 Å². The summed E-state index contributed by atoms with van der Waals surface area (Å²) >= 11 is 1.76. The predicted molar refractivity (Wildman–Crippen MR) is 97.3 cm³/mol. The third-order valence-corrected chi connectivity index (χ3v) is 5.19. The highest BCUT2D eigenvalue weighted by Gasteiger charge is 2.27. The molecule has 1 aromatic carbocycles. The molecule has 5 nitrogen and oxygen atoms in total. The molecule has 2 atom stereocenters. The molecule has 0 aliphatic heterocycles. The predicted octanol–water partition coefficient (Wildman–Crippen LogP) is 4.35. The van der Waals surface area contributed by atoms with Gasteiger partial charge >= 0.3 is 6.09 Å². The number of hydrogen-bond donors (Lipinski definition) is 2. The molecule has 1 fully saturated rings. The summed E-state index contributed by atoms with van der Waals surface area (Å²) in [5.74, 6) is 1.62. The Morgan fingerprint density at radius 1 is 1.38 bits per heavy atom. The summed E-state index contributed by atoms with van der Waals surface area (Å²) in [7, 11) is 0. The molecule has 1 aliphatic rings. The first-order valence-corrected chi connectivity index (χ1v) is 9.45. The van der Waals surface area contributed by atoms with Crippen LogP contribution in [0.4, 0.5) is 4.79 Å². The molecular formula is C18H25N3O2S. The monoisotopic (exact) mass is 347 g/mol. The molecule has 130 valence electrons. The van der Waals surface area contributed by atoms with Crippen molar-refractivity contribution >= 4 is 28.9 Å². The number of carbonyl (C=O) groups is 1. The number of nitrogens with zero attached hydrogens (tertiary/aromatic N) is 1. The van der Waals surface area contributed by atoms with Crippen LogP contribution in [0.3, 0.4) is 0 Å². The number of hydrogen-bond acceptors (Lipinski definition) is 4. The number of para-hydroxylation sites is 2. The van der Waals surface area contributed by atoms with Crippen molar-refractivity contribution in [2.45, 2.75) is 56.8 Å². The number of rotatable bonds is 4. The number of amides is 1. The number of fused-ring (bicyclic) bond motifs is 1. The second-order valence-corrected chi connectivity index (χ2v) is 8.40. The molecular weight excluding hydrogens is 322 g/mol. The zero-order chi connectivity index (χ0) is 17.2. The van der Waals surface area contributed by atoms with Crippen molar-refractivity contribution in [1.29, 1.82) is 0 Å². The van der Waals surface area contributed by atoms with Gasteiger partial charge in [-0.2, -0.15) is 0 Å². The largest absolute Gasteiger partial charge is 0.444 e. The van der Waals surface area contributed by atoms with Crippen LogP contribution in [0.15, 0.2) is 29.4 Å². The number of carbonyl (C=O) groups excluding carboxylic acids is 1. The average molecular weight is 347 g/mol. The van der Waals surface area contributed by atoms with Crippen LogP contribution in [0.25, 0.3) is 11.0 Å². The van der Waals surface area contributed by atoms with Crippen molar-refractivity contribution in [3.8, 4) is 0 Å². The quantitative estimate of drug-likeness (QED) is 0.807. The van der Waals surface area contributed by atoms with Crippen molar-refractivity contribution in [2.24, 2.45) is 5.92 Å². The zero-order valence-corrected chi connectivity index (χ0v) is 15.3. The van der Waals surface area contributed by atoms with Gasteiger partial charge in [0.2, 0.25) is 0 Å². The molecule has 2 aromatic rings. The summed E-state index contributed by atoms with van der Waals surface area (Å²) in [5.41, 5.74) is 1.64. The standard InChI is InChI=1S/C18H25N3O2S/c1-18(2,3)23-17(22)19-13-9-8-12(10-13)11-24-16-20-14-6-4-5-7-15(14)21-16/h4-7,12-13H,8-11H2,1-3H3,(H,19,22)(H,20,21)/t12-,13+/m0/s1. The number of benzene rings is 1. The van der Waals surface area contributed by atoms with Crippen LogP contribution >= 0.6 is 11.8 Å². The van der Waals surface area contributed by atoms with Gasteiger partial charge in [0.05, 0.1) is 11.0 Å². The molecule has 0 bridgehead atoms. The zero-order valence-electron chi connectivity index (χ0n) is 14.5. The summed E-state index contributed by atoms with van der Waals surface area (Å²) in [6.07, 6.45) is 2.85. The van der Waals surface area contributed by atoms with E-state index in [0.29, 0.717) is 5.92 Å². The number of alkyl carbamates (subject to hydrolysis) is 1. The number of nitrogens with one attached hydrogen (secondary N) is 2. The summed E-state index contributed by atoms with van der Waals surface area (Å²) in [6, 6.07) is 8.30. The summed E-state index contributed by atoms with van der Waals surface area (Å²) < 4.78 is 5.33. The topological polar surface area (TPSA) is 67.0 Å². The third-order valence-electron chi connectivity index (χ3n) is 4.09. The van der Waals surface area contributed by atoms with E-state index in [4.69, 9.17) is 4.74 Å². The molecule has 0 radical (unpaired) electrons. The number of imidazole rings is 1. The molecule has 0 spiro atoms. The minimum Gasteiger partial charge on any atom is -0.444 e. The van der Waals surface area contributed by atoms with Gasteiger partial charge in [-0.05, 0) is 58.1 Å². The molecule has 1 aromatic heterocycles. The van der Waals surface area contributed by atoms with E-state index >= 15 is 0 Å². The Hall–Kier alpha value is -1.69. The fraction of sp³-hybridized carbons (Fsp3) is 0.556. The average Bonchev–Trinajstić information content (AvgIpc) is 3.08. The maximum Gasteiger partial charge on any atom is 0.407 e. The van der Waals surface area contributed by atoms with Gasteiger partial charge in [-0.15, -0.1) is 0 Å². The summed E-state index contributed by atoms with van der Waals surface area (Å²) in [5, 5.41) is 3.96. The molecule has 1 aliphatic carbocycles. The fourth-order valence-electron chi connectivity index (χ4n) is 3.03. The number of aromatic amines is 1. The molecule has 3 rings (SSSR count). The van der Waals surface area contributed by atoms with Gasteiger partial charge in [0.1, 0.15) is 5.60 Å². The first-order chi connectivity index (χ1) is 11.4. The Morgan fingerprint density at radius 3 is 2.92 bits per heavy atom. The van der Waals surface area contributed by atoms with E-state index in [1.807, 2.05) is 45.0 Å². The molecule has 6 heteroatoms. The van der Waals surface area contributed by atoms with Gasteiger partial charge in [0.25, 0.3) is 0 Å². The number of thioether (sulfide) groups is 1. The number of H-pyrrole nitrogens is 1. The smallest absolute Gasteiger partial charge is 0.407 e. The first kappa shape index (κ1) is 17.1. The lowest BCUT2D eigenvalue weighted by Crippen LogP contribution is -2.38. The third kappa shape index (κ3) is 4.66. The van der Waals surface area contributed by atoms with Crippen LogP contribution in [0.5, 0.6) is 0 Å². The molecule has 1 saturated carbocycles.